The molecule has 2 nitrogen and oxygen atoms in total. The number of hydrazine groups is 1. The highest BCUT2D eigenvalue weighted by molar-refractivity contribution is 6.30. The van der Waals surface area contributed by atoms with Crippen LogP contribution in [0.25, 0.3) is 0 Å². The van der Waals surface area contributed by atoms with E-state index in [2.05, 4.69) is 35.9 Å². The van der Waals surface area contributed by atoms with Crippen molar-refractivity contribution in [2.45, 2.75) is 6.42 Å². The van der Waals surface area contributed by atoms with Crippen LogP contribution in [0.1, 0.15) is 12.0 Å². The van der Waals surface area contributed by atoms with Gasteiger partial charge in [0.05, 0.1) is 20.0 Å². The minimum atomic E-state index is 0.795. The highest BCUT2D eigenvalue weighted by Gasteiger charge is 2.24. The van der Waals surface area contributed by atoms with Crippen molar-refractivity contribution >= 4 is 17.3 Å². The van der Waals surface area contributed by atoms with Crippen LogP contribution < -0.4 is 0 Å². The van der Waals surface area contributed by atoms with Gasteiger partial charge in [0, 0.05) is 10.6 Å². The molecule has 0 aromatic heterocycles. The Morgan fingerprint density at radius 2 is 1.93 bits per heavy atom. The van der Waals surface area contributed by atoms with E-state index >= 15 is 0 Å². The van der Waals surface area contributed by atoms with Crippen molar-refractivity contribution in [1.29, 1.82) is 0 Å². The summed E-state index contributed by atoms with van der Waals surface area (Å²) in [6.45, 7) is 1.09. The van der Waals surface area contributed by atoms with Crippen LogP contribution in [0.5, 0.6) is 0 Å². The number of rotatable bonds is 1. The molecule has 1 aliphatic rings. The smallest absolute Gasteiger partial charge is 0.189 e. The molecule has 0 fully saturated rings. The van der Waals surface area contributed by atoms with Crippen LogP contribution in [0.2, 0.25) is 5.02 Å². The molecule has 0 bridgehead atoms. The second kappa shape index (κ2) is 3.62. The Morgan fingerprint density at radius 3 is 2.43 bits per heavy atom. The summed E-state index contributed by atoms with van der Waals surface area (Å²) in [5, 5.41) is 3.01. The van der Waals surface area contributed by atoms with Crippen molar-refractivity contribution in [1.82, 2.24) is 5.01 Å². The lowest BCUT2D eigenvalue weighted by molar-refractivity contribution is -0.651. The van der Waals surface area contributed by atoms with E-state index < -0.39 is 0 Å². The standard InChI is InChI=1S/C11H14ClN2/c1-13-8-7-11(14(13)2)9-3-5-10(12)6-4-9/h3-6H,7-8H2,1-2H3/q+1. The highest BCUT2D eigenvalue weighted by Crippen LogP contribution is 2.14. The Hall–Kier alpha value is -1.02. The molecular weight excluding hydrogens is 196 g/mol. The molecule has 14 heavy (non-hydrogen) atoms. The lowest BCUT2D eigenvalue weighted by Crippen LogP contribution is -2.24. The zero-order valence-electron chi connectivity index (χ0n) is 8.50. The molecule has 0 spiro atoms. The molecule has 1 heterocycles. The third-order valence-corrected chi connectivity index (χ3v) is 3.00. The molecule has 0 aliphatic carbocycles. The molecule has 0 amide bonds. The van der Waals surface area contributed by atoms with Gasteiger partial charge in [0.1, 0.15) is 0 Å². The molecule has 0 N–H and O–H groups in total. The van der Waals surface area contributed by atoms with E-state index in [0.717, 1.165) is 18.0 Å². The molecule has 0 atom stereocenters. The summed E-state index contributed by atoms with van der Waals surface area (Å²) in [6.07, 6.45) is 1.11. The molecule has 74 valence electrons. The van der Waals surface area contributed by atoms with Crippen LogP contribution in [-0.4, -0.2) is 36.0 Å². The number of benzene rings is 1. The fourth-order valence-electron chi connectivity index (χ4n) is 1.76. The van der Waals surface area contributed by atoms with Crippen LogP contribution in [0.4, 0.5) is 0 Å². The largest absolute Gasteiger partial charge is 0.214 e. The summed E-state index contributed by atoms with van der Waals surface area (Å²) in [7, 11) is 4.19. The van der Waals surface area contributed by atoms with Gasteiger partial charge in [0.15, 0.2) is 7.05 Å². The summed E-state index contributed by atoms with van der Waals surface area (Å²) >= 11 is 5.85. The predicted molar refractivity (Wildman–Crippen MR) is 59.0 cm³/mol. The first kappa shape index (κ1) is 9.53. The Morgan fingerprint density at radius 1 is 1.29 bits per heavy atom. The average Bonchev–Trinajstić information content (AvgIpc) is 2.50. The quantitative estimate of drug-likeness (QED) is 0.642. The van der Waals surface area contributed by atoms with Gasteiger partial charge in [-0.05, 0) is 24.3 Å². The second-order valence-electron chi connectivity index (χ2n) is 3.61. The van der Waals surface area contributed by atoms with Crippen LogP contribution >= 0.6 is 11.6 Å². The van der Waals surface area contributed by atoms with Gasteiger partial charge in [-0.2, -0.15) is 5.01 Å². The first-order valence-corrected chi connectivity index (χ1v) is 5.13. The predicted octanol–water partition coefficient (Wildman–Crippen LogP) is 2.02. The van der Waals surface area contributed by atoms with Crippen LogP contribution in [0, 0.1) is 0 Å². The molecule has 0 radical (unpaired) electrons. The number of hydrogen-bond donors (Lipinski definition) is 0. The lowest BCUT2D eigenvalue weighted by Gasteiger charge is -2.04. The number of hydrazone groups is 1. The van der Waals surface area contributed by atoms with Gasteiger partial charge in [0.25, 0.3) is 0 Å². The Labute approximate surface area is 89.4 Å². The zero-order chi connectivity index (χ0) is 10.1. The van der Waals surface area contributed by atoms with Crippen molar-refractivity contribution in [3.63, 3.8) is 0 Å². The van der Waals surface area contributed by atoms with Gasteiger partial charge in [-0.3, -0.25) is 0 Å². The molecule has 1 aromatic rings. The molecule has 1 aliphatic heterocycles. The summed E-state index contributed by atoms with van der Waals surface area (Å²) in [5.74, 6) is 0. The van der Waals surface area contributed by atoms with E-state index in [4.69, 9.17) is 11.6 Å². The number of hydrogen-bond acceptors (Lipinski definition) is 1. The van der Waals surface area contributed by atoms with E-state index in [0.29, 0.717) is 0 Å². The monoisotopic (exact) mass is 209 g/mol. The Balaban J connectivity index is 2.36. The van der Waals surface area contributed by atoms with Crippen molar-refractivity contribution in [2.75, 3.05) is 20.6 Å². The maximum Gasteiger partial charge on any atom is 0.214 e. The minimum absolute atomic E-state index is 0.795. The Bertz CT molecular complexity index is 367. The van der Waals surface area contributed by atoms with Gasteiger partial charge >= 0.3 is 0 Å². The summed E-state index contributed by atoms with van der Waals surface area (Å²) in [4.78, 5) is 0. The van der Waals surface area contributed by atoms with Gasteiger partial charge in [-0.15, -0.1) is 4.68 Å². The molecule has 0 saturated heterocycles. The van der Waals surface area contributed by atoms with Crippen molar-refractivity contribution in [2.24, 2.45) is 0 Å². The van der Waals surface area contributed by atoms with E-state index in [9.17, 15) is 0 Å². The summed E-state index contributed by atoms with van der Waals surface area (Å²) in [5.41, 5.74) is 2.63. The third kappa shape index (κ3) is 1.62. The third-order valence-electron chi connectivity index (χ3n) is 2.75. The van der Waals surface area contributed by atoms with Crippen molar-refractivity contribution < 1.29 is 4.68 Å². The van der Waals surface area contributed by atoms with Crippen LogP contribution in [0.15, 0.2) is 24.3 Å². The van der Waals surface area contributed by atoms with Gasteiger partial charge in [-0.25, -0.2) is 0 Å². The molecule has 3 heteroatoms. The van der Waals surface area contributed by atoms with E-state index in [1.807, 2.05) is 12.1 Å². The first-order valence-electron chi connectivity index (χ1n) is 4.75. The fourth-order valence-corrected chi connectivity index (χ4v) is 1.89. The fraction of sp³-hybridized carbons (Fsp3) is 0.364. The zero-order valence-corrected chi connectivity index (χ0v) is 9.25. The minimum Gasteiger partial charge on any atom is -0.189 e. The molecule has 2 rings (SSSR count). The molecule has 0 unspecified atom stereocenters. The normalized spacial score (nSPS) is 16.6. The van der Waals surface area contributed by atoms with E-state index in [-0.39, 0.29) is 0 Å². The second-order valence-corrected chi connectivity index (χ2v) is 4.04. The molecule has 0 saturated carbocycles. The van der Waals surface area contributed by atoms with E-state index in [1.165, 1.54) is 11.3 Å². The lowest BCUT2D eigenvalue weighted by atomic mass is 10.1. The van der Waals surface area contributed by atoms with Gasteiger partial charge in [0.2, 0.25) is 5.71 Å². The summed E-state index contributed by atoms with van der Waals surface area (Å²) in [6, 6.07) is 8.03. The summed E-state index contributed by atoms with van der Waals surface area (Å²) < 4.78 is 2.20. The van der Waals surface area contributed by atoms with Crippen molar-refractivity contribution in [3.8, 4) is 0 Å². The Kier molecular flexibility index (Phi) is 2.46. The average molecular weight is 210 g/mol. The SMILES string of the molecule is CN1CCC(c2ccc(Cl)cc2)=[N+]1C. The molecule has 1 aromatic carbocycles. The van der Waals surface area contributed by atoms with Crippen LogP contribution in [-0.2, 0) is 0 Å². The number of nitrogens with zero attached hydrogens (tertiary/aromatic N) is 2. The van der Waals surface area contributed by atoms with Crippen molar-refractivity contribution in [3.05, 3.63) is 34.9 Å². The topological polar surface area (TPSA) is 6.25 Å². The maximum atomic E-state index is 5.85. The molecular formula is C11H14ClN2+. The first-order chi connectivity index (χ1) is 6.68. The number of halogens is 1. The maximum absolute atomic E-state index is 5.85. The van der Waals surface area contributed by atoms with Gasteiger partial charge in [-0.1, -0.05) is 11.6 Å². The highest BCUT2D eigenvalue weighted by atomic mass is 35.5. The van der Waals surface area contributed by atoms with Gasteiger partial charge < -0.3 is 0 Å². The van der Waals surface area contributed by atoms with E-state index in [1.54, 1.807) is 0 Å². The van der Waals surface area contributed by atoms with Crippen LogP contribution in [0.3, 0.4) is 0 Å².